The van der Waals surface area contributed by atoms with Gasteiger partial charge in [0.15, 0.2) is 5.13 Å². The predicted molar refractivity (Wildman–Crippen MR) is 97.5 cm³/mol. The van der Waals surface area contributed by atoms with Crippen molar-refractivity contribution in [3.8, 4) is 11.5 Å². The molecule has 3 N–H and O–H groups in total. The number of thiazole rings is 1. The van der Waals surface area contributed by atoms with Crippen LogP contribution >= 0.6 is 11.3 Å². The van der Waals surface area contributed by atoms with Crippen LogP contribution in [0.5, 0.6) is 11.5 Å². The topological polar surface area (TPSA) is 96.4 Å². The monoisotopic (exact) mass is 358 g/mol. The lowest BCUT2D eigenvalue weighted by molar-refractivity contribution is 0.0958. The third kappa shape index (κ3) is 4.04. The molecule has 130 valence electrons. The Hall–Kier alpha value is -2.71. The number of aromatic nitrogens is 2. The summed E-state index contributed by atoms with van der Waals surface area (Å²) in [6.45, 7) is 1.92. The van der Waals surface area contributed by atoms with Crippen molar-refractivity contribution < 1.29 is 14.6 Å². The molecule has 2 aromatic heterocycles. The Bertz CT molecular complexity index is 896. The molecule has 0 radical (unpaired) electrons. The fourth-order valence-corrected chi connectivity index (χ4v) is 3.16. The number of amides is 1. The number of carbonyl (C=O) groups is 1. The van der Waals surface area contributed by atoms with Gasteiger partial charge in [0.25, 0.3) is 5.91 Å². The largest absolute Gasteiger partial charge is 0.457 e. The fourth-order valence-electron chi connectivity index (χ4n) is 2.15. The van der Waals surface area contributed by atoms with Crippen LogP contribution < -0.4 is 15.4 Å². The minimum absolute atomic E-state index is 0.0417. The Morgan fingerprint density at radius 2 is 2.12 bits per heavy atom. The predicted octanol–water partition coefficient (Wildman–Crippen LogP) is 2.64. The number of hydrogen-bond acceptors (Lipinski definition) is 7. The van der Waals surface area contributed by atoms with Crippen molar-refractivity contribution in [1.82, 2.24) is 15.3 Å². The number of anilines is 1. The number of rotatable bonds is 6. The SMILES string of the molecule is CNC(=O)c1cc(Oc2ccc3nc(NC(C)CO)sc3c2)ccn1. The number of ether oxygens (including phenoxy) is 1. The van der Waals surface area contributed by atoms with E-state index >= 15 is 0 Å². The summed E-state index contributed by atoms with van der Waals surface area (Å²) < 4.78 is 6.80. The molecule has 3 aromatic rings. The van der Waals surface area contributed by atoms with Crippen molar-refractivity contribution in [2.75, 3.05) is 19.0 Å². The Morgan fingerprint density at radius 1 is 1.32 bits per heavy atom. The van der Waals surface area contributed by atoms with Gasteiger partial charge in [0.05, 0.1) is 16.8 Å². The molecule has 0 spiro atoms. The van der Waals surface area contributed by atoms with Gasteiger partial charge in [0, 0.05) is 31.4 Å². The van der Waals surface area contributed by atoms with Crippen LogP contribution in [-0.4, -0.2) is 40.7 Å². The summed E-state index contributed by atoms with van der Waals surface area (Å²) in [7, 11) is 1.55. The zero-order valence-corrected chi connectivity index (χ0v) is 14.6. The zero-order valence-electron chi connectivity index (χ0n) is 13.8. The first-order chi connectivity index (χ1) is 12.1. The molecule has 1 unspecified atom stereocenters. The molecular formula is C17H18N4O3S. The highest BCUT2D eigenvalue weighted by Gasteiger charge is 2.10. The molecule has 0 bridgehead atoms. The van der Waals surface area contributed by atoms with Crippen LogP contribution in [0.2, 0.25) is 0 Å². The second-order valence-corrected chi connectivity index (χ2v) is 6.47. The molecule has 0 saturated heterocycles. The first-order valence-electron chi connectivity index (χ1n) is 7.73. The van der Waals surface area contributed by atoms with E-state index in [2.05, 4.69) is 20.6 Å². The van der Waals surface area contributed by atoms with Gasteiger partial charge < -0.3 is 20.5 Å². The molecule has 1 aromatic carbocycles. The Morgan fingerprint density at radius 3 is 2.88 bits per heavy atom. The molecule has 1 atom stereocenters. The lowest BCUT2D eigenvalue weighted by atomic mass is 10.3. The summed E-state index contributed by atoms with van der Waals surface area (Å²) in [6.07, 6.45) is 1.53. The molecule has 0 aliphatic carbocycles. The number of nitrogens with zero attached hydrogens (tertiary/aromatic N) is 2. The number of carbonyl (C=O) groups excluding carboxylic acids is 1. The molecular weight excluding hydrogens is 340 g/mol. The first kappa shape index (κ1) is 17.1. The molecule has 0 aliphatic heterocycles. The Balaban J connectivity index is 1.81. The molecule has 25 heavy (non-hydrogen) atoms. The van der Waals surface area contributed by atoms with Crippen molar-refractivity contribution in [2.45, 2.75) is 13.0 Å². The van der Waals surface area contributed by atoms with Crippen LogP contribution in [0.3, 0.4) is 0 Å². The number of hydrogen-bond donors (Lipinski definition) is 3. The van der Waals surface area contributed by atoms with E-state index in [9.17, 15) is 4.79 Å². The van der Waals surface area contributed by atoms with Crippen LogP contribution in [0.15, 0.2) is 36.5 Å². The molecule has 0 aliphatic rings. The summed E-state index contributed by atoms with van der Waals surface area (Å²) in [5.41, 5.74) is 1.15. The number of benzene rings is 1. The zero-order chi connectivity index (χ0) is 17.8. The van der Waals surface area contributed by atoms with Gasteiger partial charge in [0.2, 0.25) is 0 Å². The van der Waals surface area contributed by atoms with Gasteiger partial charge in [-0.25, -0.2) is 4.98 Å². The van der Waals surface area contributed by atoms with Crippen molar-refractivity contribution in [1.29, 1.82) is 0 Å². The third-order valence-corrected chi connectivity index (χ3v) is 4.38. The average molecular weight is 358 g/mol. The van der Waals surface area contributed by atoms with E-state index in [0.29, 0.717) is 17.2 Å². The maximum Gasteiger partial charge on any atom is 0.269 e. The highest BCUT2D eigenvalue weighted by molar-refractivity contribution is 7.22. The quantitative estimate of drug-likeness (QED) is 0.627. The van der Waals surface area contributed by atoms with E-state index in [1.165, 1.54) is 17.5 Å². The van der Waals surface area contributed by atoms with Gasteiger partial charge in [0.1, 0.15) is 17.2 Å². The lowest BCUT2D eigenvalue weighted by Gasteiger charge is -2.07. The van der Waals surface area contributed by atoms with E-state index < -0.39 is 0 Å². The standard InChI is InChI=1S/C17H18N4O3S/c1-10(9-22)20-17-21-13-4-3-11(8-15(13)25-17)24-12-5-6-19-14(7-12)16(23)18-2/h3-8,10,22H,9H2,1-2H3,(H,18,23)(H,20,21). The van der Waals surface area contributed by atoms with E-state index in [0.717, 1.165) is 15.3 Å². The minimum atomic E-state index is -0.267. The van der Waals surface area contributed by atoms with Crippen LogP contribution in [-0.2, 0) is 0 Å². The third-order valence-electron chi connectivity index (χ3n) is 3.43. The van der Waals surface area contributed by atoms with Gasteiger partial charge >= 0.3 is 0 Å². The maximum absolute atomic E-state index is 11.6. The van der Waals surface area contributed by atoms with E-state index in [1.54, 1.807) is 19.2 Å². The van der Waals surface area contributed by atoms with Crippen molar-refractivity contribution in [3.05, 3.63) is 42.2 Å². The molecule has 0 saturated carbocycles. The molecule has 2 heterocycles. The molecule has 3 rings (SSSR count). The second kappa shape index (κ2) is 7.45. The molecule has 0 fully saturated rings. The van der Waals surface area contributed by atoms with Crippen molar-refractivity contribution in [3.63, 3.8) is 0 Å². The summed E-state index contributed by atoms with van der Waals surface area (Å²) >= 11 is 1.49. The molecule has 7 nitrogen and oxygen atoms in total. The molecule has 8 heteroatoms. The highest BCUT2D eigenvalue weighted by atomic mass is 32.1. The molecule has 1 amide bonds. The second-order valence-electron chi connectivity index (χ2n) is 5.43. The van der Waals surface area contributed by atoms with Crippen molar-refractivity contribution in [2.24, 2.45) is 0 Å². The smallest absolute Gasteiger partial charge is 0.269 e. The summed E-state index contributed by atoms with van der Waals surface area (Å²) in [5, 5.41) is 15.5. The van der Waals surface area contributed by atoms with Crippen LogP contribution in [0.1, 0.15) is 17.4 Å². The summed E-state index contributed by atoms with van der Waals surface area (Å²) in [4.78, 5) is 20.1. The summed E-state index contributed by atoms with van der Waals surface area (Å²) in [5.74, 6) is 0.911. The normalized spacial score (nSPS) is 12.0. The van der Waals surface area contributed by atoms with Crippen LogP contribution in [0, 0.1) is 0 Å². The number of nitrogens with one attached hydrogen (secondary N) is 2. The van der Waals surface area contributed by atoms with Gasteiger partial charge in [-0.15, -0.1) is 0 Å². The van der Waals surface area contributed by atoms with Crippen LogP contribution in [0.4, 0.5) is 5.13 Å². The van der Waals surface area contributed by atoms with Crippen molar-refractivity contribution >= 4 is 32.6 Å². The van der Waals surface area contributed by atoms with Gasteiger partial charge in [-0.2, -0.15) is 0 Å². The summed E-state index contributed by atoms with van der Waals surface area (Å²) in [6, 6.07) is 8.81. The fraction of sp³-hybridized carbons (Fsp3) is 0.235. The van der Waals surface area contributed by atoms with E-state index in [4.69, 9.17) is 9.84 Å². The van der Waals surface area contributed by atoms with Gasteiger partial charge in [-0.1, -0.05) is 11.3 Å². The number of fused-ring (bicyclic) bond motifs is 1. The highest BCUT2D eigenvalue weighted by Crippen LogP contribution is 2.31. The maximum atomic E-state index is 11.6. The lowest BCUT2D eigenvalue weighted by Crippen LogP contribution is -2.18. The Kier molecular flexibility index (Phi) is 5.11. The van der Waals surface area contributed by atoms with Gasteiger partial charge in [-0.3, -0.25) is 9.78 Å². The number of aliphatic hydroxyl groups is 1. The minimum Gasteiger partial charge on any atom is -0.457 e. The average Bonchev–Trinajstić information content (AvgIpc) is 3.02. The van der Waals surface area contributed by atoms with E-state index in [-0.39, 0.29) is 18.6 Å². The number of pyridine rings is 1. The van der Waals surface area contributed by atoms with Crippen LogP contribution in [0.25, 0.3) is 10.2 Å². The van der Waals surface area contributed by atoms with E-state index in [1.807, 2.05) is 25.1 Å². The van der Waals surface area contributed by atoms with Gasteiger partial charge in [-0.05, 0) is 25.1 Å². The number of aliphatic hydroxyl groups excluding tert-OH is 1. The first-order valence-corrected chi connectivity index (χ1v) is 8.54. The Labute approximate surface area is 148 Å².